The van der Waals surface area contributed by atoms with Gasteiger partial charge in [0.25, 0.3) is 0 Å². The van der Waals surface area contributed by atoms with Crippen LogP contribution in [0.25, 0.3) is 0 Å². The monoisotopic (exact) mass is 222 g/mol. The number of rotatable bonds is 2. The van der Waals surface area contributed by atoms with Crippen molar-refractivity contribution in [3.63, 3.8) is 0 Å². The number of amides is 2. The number of carbonyl (C=O) groups is 2. The molecular weight excluding hydrogens is 208 g/mol. The molecule has 2 rings (SSSR count). The Balaban J connectivity index is 2.22. The molecule has 86 valence electrons. The minimum Gasteiger partial charge on any atom is -0.272 e. The number of hydrazone groups is 2. The lowest BCUT2D eigenvalue weighted by Gasteiger charge is -2.21. The molecule has 6 nitrogen and oxygen atoms in total. The second-order valence-corrected chi connectivity index (χ2v) is 4.27. The Hall–Kier alpha value is -1.72. The highest BCUT2D eigenvalue weighted by Crippen LogP contribution is 2.28. The summed E-state index contributed by atoms with van der Waals surface area (Å²) in [4.78, 5) is 23.2. The normalized spacial score (nSPS) is 29.0. The lowest BCUT2D eigenvalue weighted by atomic mass is 9.78. The van der Waals surface area contributed by atoms with Gasteiger partial charge in [0.05, 0.1) is 11.8 Å². The standard InChI is InChI=1S/C10H14N4O2/c1-4(7-5(2)11-13-9(7)15)8-6(3)12-14-10(8)16/h4,7-8H,1-3H3,(H,13,15)(H,14,16)/t7-,8-/m1/s1. The highest BCUT2D eigenvalue weighted by Gasteiger charge is 2.42. The predicted molar refractivity (Wildman–Crippen MR) is 58.6 cm³/mol. The molecule has 0 bridgehead atoms. The van der Waals surface area contributed by atoms with E-state index in [9.17, 15) is 9.59 Å². The lowest BCUT2D eigenvalue weighted by molar-refractivity contribution is -0.126. The quantitative estimate of drug-likeness (QED) is 0.682. The molecule has 2 aliphatic rings. The first-order valence-electron chi connectivity index (χ1n) is 5.20. The van der Waals surface area contributed by atoms with Crippen LogP contribution in [0, 0.1) is 17.8 Å². The van der Waals surface area contributed by atoms with Crippen LogP contribution in [0.5, 0.6) is 0 Å². The summed E-state index contributed by atoms with van der Waals surface area (Å²) in [6.45, 7) is 5.46. The third-order valence-electron chi connectivity index (χ3n) is 3.20. The molecule has 0 aromatic rings. The van der Waals surface area contributed by atoms with Crippen molar-refractivity contribution in [3.05, 3.63) is 0 Å². The van der Waals surface area contributed by atoms with Gasteiger partial charge in [-0.3, -0.25) is 9.59 Å². The van der Waals surface area contributed by atoms with E-state index in [1.54, 1.807) is 13.8 Å². The van der Waals surface area contributed by atoms with Gasteiger partial charge in [0, 0.05) is 11.4 Å². The Kier molecular flexibility index (Phi) is 2.49. The molecule has 0 unspecified atom stereocenters. The van der Waals surface area contributed by atoms with Gasteiger partial charge in [-0.1, -0.05) is 6.92 Å². The predicted octanol–water partition coefficient (Wildman–Crippen LogP) is -0.134. The smallest absolute Gasteiger partial charge is 0.249 e. The topological polar surface area (TPSA) is 82.9 Å². The molecule has 0 saturated carbocycles. The van der Waals surface area contributed by atoms with E-state index < -0.39 is 0 Å². The molecule has 16 heavy (non-hydrogen) atoms. The van der Waals surface area contributed by atoms with Crippen LogP contribution in [0.1, 0.15) is 20.8 Å². The highest BCUT2D eigenvalue weighted by molar-refractivity contribution is 6.11. The second-order valence-electron chi connectivity index (χ2n) is 4.27. The Morgan fingerprint density at radius 1 is 1.00 bits per heavy atom. The molecule has 2 N–H and O–H groups in total. The van der Waals surface area contributed by atoms with Crippen molar-refractivity contribution in [2.75, 3.05) is 0 Å². The van der Waals surface area contributed by atoms with Crippen LogP contribution in [0.15, 0.2) is 10.2 Å². The van der Waals surface area contributed by atoms with E-state index in [-0.39, 0.29) is 29.6 Å². The zero-order chi connectivity index (χ0) is 11.9. The van der Waals surface area contributed by atoms with Crippen molar-refractivity contribution >= 4 is 23.2 Å². The Labute approximate surface area is 93.2 Å². The summed E-state index contributed by atoms with van der Waals surface area (Å²) in [5.41, 5.74) is 6.32. The SMILES string of the molecule is CC1=NNC(=O)[C@@H]1C(C)[C@H]1C(=O)NN=C1C. The van der Waals surface area contributed by atoms with Crippen LogP contribution in [0.2, 0.25) is 0 Å². The molecule has 0 aromatic heterocycles. The van der Waals surface area contributed by atoms with Crippen molar-refractivity contribution in [1.29, 1.82) is 0 Å². The molecule has 0 saturated heterocycles. The number of carbonyl (C=O) groups excluding carboxylic acids is 2. The average molecular weight is 222 g/mol. The first-order chi connectivity index (χ1) is 7.52. The number of nitrogens with one attached hydrogen (secondary N) is 2. The number of nitrogens with zero attached hydrogens (tertiary/aromatic N) is 2. The highest BCUT2D eigenvalue weighted by atomic mass is 16.2. The van der Waals surface area contributed by atoms with E-state index in [2.05, 4.69) is 21.1 Å². The Morgan fingerprint density at radius 2 is 1.38 bits per heavy atom. The van der Waals surface area contributed by atoms with Crippen LogP contribution in [0.3, 0.4) is 0 Å². The van der Waals surface area contributed by atoms with Crippen molar-refractivity contribution < 1.29 is 9.59 Å². The molecule has 0 aromatic carbocycles. The summed E-state index contributed by atoms with van der Waals surface area (Å²) in [7, 11) is 0. The molecule has 2 aliphatic heterocycles. The van der Waals surface area contributed by atoms with E-state index in [1.165, 1.54) is 0 Å². The van der Waals surface area contributed by atoms with Gasteiger partial charge in [0.2, 0.25) is 11.8 Å². The van der Waals surface area contributed by atoms with E-state index in [0.29, 0.717) is 0 Å². The fourth-order valence-electron chi connectivity index (χ4n) is 2.38. The van der Waals surface area contributed by atoms with Gasteiger partial charge in [-0.05, 0) is 19.8 Å². The molecule has 2 atom stereocenters. The Bertz CT molecular complexity index is 375. The summed E-state index contributed by atoms with van der Waals surface area (Å²) in [5.74, 6) is -1.08. The first-order valence-corrected chi connectivity index (χ1v) is 5.20. The molecular formula is C10H14N4O2. The average Bonchev–Trinajstić information content (AvgIpc) is 2.71. The summed E-state index contributed by atoms with van der Waals surface area (Å²) in [5, 5.41) is 7.77. The van der Waals surface area contributed by atoms with Crippen LogP contribution in [-0.2, 0) is 9.59 Å². The molecule has 6 heteroatoms. The van der Waals surface area contributed by atoms with Crippen molar-refractivity contribution in [1.82, 2.24) is 10.9 Å². The van der Waals surface area contributed by atoms with Crippen molar-refractivity contribution in [2.24, 2.45) is 28.0 Å². The second kappa shape index (κ2) is 3.70. The van der Waals surface area contributed by atoms with Crippen LogP contribution < -0.4 is 10.9 Å². The minimum atomic E-state index is -0.334. The van der Waals surface area contributed by atoms with E-state index in [0.717, 1.165) is 11.4 Å². The first kappa shape index (κ1) is 10.8. The van der Waals surface area contributed by atoms with Crippen LogP contribution in [0.4, 0.5) is 0 Å². The third-order valence-corrected chi connectivity index (χ3v) is 3.20. The van der Waals surface area contributed by atoms with Gasteiger partial charge >= 0.3 is 0 Å². The van der Waals surface area contributed by atoms with Crippen LogP contribution in [-0.4, -0.2) is 23.2 Å². The largest absolute Gasteiger partial charge is 0.272 e. The molecule has 0 aliphatic carbocycles. The van der Waals surface area contributed by atoms with E-state index in [1.807, 2.05) is 6.92 Å². The molecule has 0 fully saturated rings. The summed E-state index contributed by atoms with van der Waals surface area (Å²) in [6, 6.07) is 0. The van der Waals surface area contributed by atoms with Gasteiger partial charge in [0.1, 0.15) is 0 Å². The summed E-state index contributed by atoms with van der Waals surface area (Å²) >= 11 is 0. The third kappa shape index (κ3) is 1.50. The van der Waals surface area contributed by atoms with Gasteiger partial charge in [-0.15, -0.1) is 0 Å². The van der Waals surface area contributed by atoms with Gasteiger partial charge in [-0.25, -0.2) is 10.9 Å². The van der Waals surface area contributed by atoms with Crippen molar-refractivity contribution in [2.45, 2.75) is 20.8 Å². The van der Waals surface area contributed by atoms with Gasteiger partial charge < -0.3 is 0 Å². The Morgan fingerprint density at radius 3 is 1.62 bits per heavy atom. The van der Waals surface area contributed by atoms with Crippen LogP contribution >= 0.6 is 0 Å². The zero-order valence-corrected chi connectivity index (χ0v) is 9.44. The van der Waals surface area contributed by atoms with Gasteiger partial charge in [-0.2, -0.15) is 10.2 Å². The maximum atomic E-state index is 11.6. The lowest BCUT2D eigenvalue weighted by Crippen LogP contribution is -2.38. The molecule has 0 spiro atoms. The maximum absolute atomic E-state index is 11.6. The zero-order valence-electron chi connectivity index (χ0n) is 9.44. The van der Waals surface area contributed by atoms with E-state index in [4.69, 9.17) is 0 Å². The minimum absolute atomic E-state index is 0.127. The van der Waals surface area contributed by atoms with Crippen molar-refractivity contribution in [3.8, 4) is 0 Å². The van der Waals surface area contributed by atoms with E-state index >= 15 is 0 Å². The number of hydrogen-bond donors (Lipinski definition) is 2. The molecule has 2 amide bonds. The summed E-state index contributed by atoms with van der Waals surface area (Å²) < 4.78 is 0. The molecule has 0 radical (unpaired) electrons. The maximum Gasteiger partial charge on any atom is 0.249 e. The number of hydrogen-bond acceptors (Lipinski definition) is 4. The fraction of sp³-hybridized carbons (Fsp3) is 0.600. The summed E-state index contributed by atoms with van der Waals surface area (Å²) in [6.07, 6.45) is 0. The fourth-order valence-corrected chi connectivity index (χ4v) is 2.38. The molecule has 2 heterocycles. The van der Waals surface area contributed by atoms with Gasteiger partial charge in [0.15, 0.2) is 0 Å².